The van der Waals surface area contributed by atoms with Gasteiger partial charge in [0, 0.05) is 11.9 Å². The van der Waals surface area contributed by atoms with Crippen molar-refractivity contribution in [1.29, 1.82) is 0 Å². The standard InChI is InChI=1S/C12H27BrOSi/c1-4-5-12-15(2,3)14-11-9-7-6-8-10-13/h4-12H2,1-3H3. The van der Waals surface area contributed by atoms with E-state index in [4.69, 9.17) is 4.43 Å². The van der Waals surface area contributed by atoms with Crippen LogP contribution < -0.4 is 0 Å². The fourth-order valence-electron chi connectivity index (χ4n) is 1.57. The van der Waals surface area contributed by atoms with Crippen molar-refractivity contribution in [1.82, 2.24) is 0 Å². The number of rotatable bonds is 10. The lowest BCUT2D eigenvalue weighted by Gasteiger charge is -2.22. The summed E-state index contributed by atoms with van der Waals surface area (Å²) in [5, 5.41) is 1.14. The molecule has 1 nitrogen and oxygen atoms in total. The number of unbranched alkanes of at least 4 members (excludes halogenated alkanes) is 4. The molecule has 0 spiro atoms. The molecule has 0 aliphatic rings. The normalized spacial score (nSPS) is 12.0. The van der Waals surface area contributed by atoms with Crippen LogP contribution in [0.4, 0.5) is 0 Å². The van der Waals surface area contributed by atoms with Crippen LogP contribution in [-0.4, -0.2) is 20.3 Å². The van der Waals surface area contributed by atoms with Crippen molar-refractivity contribution in [2.45, 2.75) is 64.6 Å². The van der Waals surface area contributed by atoms with Gasteiger partial charge < -0.3 is 4.43 Å². The van der Waals surface area contributed by atoms with E-state index in [1.54, 1.807) is 0 Å². The largest absolute Gasteiger partial charge is 0.417 e. The predicted octanol–water partition coefficient (Wildman–Crippen LogP) is 4.96. The van der Waals surface area contributed by atoms with Gasteiger partial charge in [0.05, 0.1) is 0 Å². The highest BCUT2D eigenvalue weighted by Gasteiger charge is 2.20. The highest BCUT2D eigenvalue weighted by Crippen LogP contribution is 2.15. The molecule has 0 fully saturated rings. The van der Waals surface area contributed by atoms with Crippen LogP contribution in [0.5, 0.6) is 0 Å². The van der Waals surface area contributed by atoms with E-state index in [1.807, 2.05) is 0 Å². The second-order valence-electron chi connectivity index (χ2n) is 4.81. The summed E-state index contributed by atoms with van der Waals surface area (Å²) in [4.78, 5) is 0. The summed E-state index contributed by atoms with van der Waals surface area (Å²) in [6.07, 6.45) is 7.84. The van der Waals surface area contributed by atoms with Gasteiger partial charge in [0.15, 0.2) is 8.32 Å². The molecule has 0 bridgehead atoms. The van der Waals surface area contributed by atoms with E-state index in [9.17, 15) is 0 Å². The van der Waals surface area contributed by atoms with Crippen molar-refractivity contribution in [3.05, 3.63) is 0 Å². The lowest BCUT2D eigenvalue weighted by Crippen LogP contribution is -2.30. The Balaban J connectivity index is 3.32. The summed E-state index contributed by atoms with van der Waals surface area (Å²) in [5.41, 5.74) is 0. The summed E-state index contributed by atoms with van der Waals surface area (Å²) < 4.78 is 6.04. The fourth-order valence-corrected chi connectivity index (χ4v) is 4.02. The SMILES string of the molecule is CCCC[Si](C)(C)OCCCCCCBr. The molecule has 0 aromatic carbocycles. The molecule has 0 saturated carbocycles. The first kappa shape index (κ1) is 15.7. The topological polar surface area (TPSA) is 9.23 Å². The third kappa shape index (κ3) is 10.9. The van der Waals surface area contributed by atoms with Gasteiger partial charge in [0.2, 0.25) is 0 Å². The van der Waals surface area contributed by atoms with Crippen molar-refractivity contribution >= 4 is 24.2 Å². The first-order valence-corrected chi connectivity index (χ1v) is 10.6. The molecule has 92 valence electrons. The van der Waals surface area contributed by atoms with E-state index in [2.05, 4.69) is 35.9 Å². The zero-order chi connectivity index (χ0) is 11.6. The van der Waals surface area contributed by atoms with Gasteiger partial charge in [-0.25, -0.2) is 0 Å². The predicted molar refractivity (Wildman–Crippen MR) is 75.4 cm³/mol. The third-order valence-electron chi connectivity index (χ3n) is 2.65. The highest BCUT2D eigenvalue weighted by molar-refractivity contribution is 9.09. The van der Waals surface area contributed by atoms with Crippen LogP contribution in [0.3, 0.4) is 0 Å². The molecule has 0 aliphatic carbocycles. The molecule has 0 atom stereocenters. The molecular weight excluding hydrogens is 268 g/mol. The molecule has 0 saturated heterocycles. The van der Waals surface area contributed by atoms with Crippen LogP contribution in [-0.2, 0) is 4.43 Å². The quantitative estimate of drug-likeness (QED) is 0.314. The van der Waals surface area contributed by atoms with Gasteiger partial charge in [0.25, 0.3) is 0 Å². The van der Waals surface area contributed by atoms with E-state index in [-0.39, 0.29) is 0 Å². The Hall–Kier alpha value is 0.657. The number of alkyl halides is 1. The lowest BCUT2D eigenvalue weighted by molar-refractivity contribution is 0.294. The summed E-state index contributed by atoms with van der Waals surface area (Å²) in [6.45, 7) is 7.94. The van der Waals surface area contributed by atoms with Gasteiger partial charge in [0.1, 0.15) is 0 Å². The van der Waals surface area contributed by atoms with E-state index in [0.29, 0.717) is 0 Å². The number of hydrogen-bond acceptors (Lipinski definition) is 1. The molecule has 0 radical (unpaired) electrons. The number of halogens is 1. The minimum absolute atomic E-state index is 0.991. The fraction of sp³-hybridized carbons (Fsp3) is 1.00. The van der Waals surface area contributed by atoms with Crippen molar-refractivity contribution < 1.29 is 4.43 Å². The number of hydrogen-bond donors (Lipinski definition) is 0. The highest BCUT2D eigenvalue weighted by atomic mass is 79.9. The Morgan fingerprint density at radius 3 is 2.27 bits per heavy atom. The van der Waals surface area contributed by atoms with Gasteiger partial charge in [-0.3, -0.25) is 0 Å². The molecule has 0 aromatic rings. The molecule has 15 heavy (non-hydrogen) atoms. The first-order valence-electron chi connectivity index (χ1n) is 6.32. The van der Waals surface area contributed by atoms with E-state index >= 15 is 0 Å². The van der Waals surface area contributed by atoms with Crippen LogP contribution >= 0.6 is 15.9 Å². The average molecular weight is 295 g/mol. The summed E-state index contributed by atoms with van der Waals surface area (Å²) in [7, 11) is -1.30. The van der Waals surface area contributed by atoms with Crippen LogP contribution in [0.2, 0.25) is 19.1 Å². The smallest absolute Gasteiger partial charge is 0.186 e. The molecule has 0 aliphatic heterocycles. The summed E-state index contributed by atoms with van der Waals surface area (Å²) >= 11 is 3.45. The zero-order valence-corrected chi connectivity index (χ0v) is 13.2. The van der Waals surface area contributed by atoms with Crippen LogP contribution in [0.15, 0.2) is 0 Å². The van der Waals surface area contributed by atoms with Crippen LogP contribution in [0.1, 0.15) is 45.4 Å². The Morgan fingerprint density at radius 1 is 1.00 bits per heavy atom. The van der Waals surface area contributed by atoms with Crippen LogP contribution in [0, 0.1) is 0 Å². The van der Waals surface area contributed by atoms with Crippen LogP contribution in [0.25, 0.3) is 0 Å². The Labute approximate surface area is 105 Å². The lowest BCUT2D eigenvalue weighted by atomic mass is 10.2. The average Bonchev–Trinajstić information content (AvgIpc) is 2.20. The molecule has 0 rings (SSSR count). The first-order chi connectivity index (χ1) is 7.12. The Bertz CT molecular complexity index is 140. The zero-order valence-electron chi connectivity index (χ0n) is 10.7. The maximum Gasteiger partial charge on any atom is 0.186 e. The molecule has 3 heteroatoms. The van der Waals surface area contributed by atoms with Gasteiger partial charge >= 0.3 is 0 Å². The monoisotopic (exact) mass is 294 g/mol. The maximum absolute atomic E-state index is 6.04. The minimum atomic E-state index is -1.30. The van der Waals surface area contributed by atoms with Gasteiger partial charge in [-0.05, 0) is 32.0 Å². The third-order valence-corrected chi connectivity index (χ3v) is 5.76. The summed E-state index contributed by atoms with van der Waals surface area (Å²) in [6, 6.07) is 1.32. The van der Waals surface area contributed by atoms with Gasteiger partial charge in [-0.1, -0.05) is 48.5 Å². The molecule has 0 aromatic heterocycles. The van der Waals surface area contributed by atoms with Crippen molar-refractivity contribution in [2.75, 3.05) is 11.9 Å². The summed E-state index contributed by atoms with van der Waals surface area (Å²) in [5.74, 6) is 0. The Kier molecular flexibility index (Phi) is 10.3. The second kappa shape index (κ2) is 9.85. The molecule has 0 amide bonds. The van der Waals surface area contributed by atoms with Crippen molar-refractivity contribution in [3.8, 4) is 0 Å². The second-order valence-corrected chi connectivity index (χ2v) is 9.92. The molecule has 0 unspecified atom stereocenters. The van der Waals surface area contributed by atoms with Gasteiger partial charge in [-0.15, -0.1) is 0 Å². The Morgan fingerprint density at radius 2 is 1.67 bits per heavy atom. The van der Waals surface area contributed by atoms with Crippen molar-refractivity contribution in [2.24, 2.45) is 0 Å². The van der Waals surface area contributed by atoms with E-state index in [0.717, 1.165) is 11.9 Å². The molecule has 0 heterocycles. The van der Waals surface area contributed by atoms with E-state index < -0.39 is 8.32 Å². The van der Waals surface area contributed by atoms with Crippen molar-refractivity contribution in [3.63, 3.8) is 0 Å². The molecular formula is C12H27BrOSi. The maximum atomic E-state index is 6.04. The van der Waals surface area contributed by atoms with E-state index in [1.165, 1.54) is 44.6 Å². The van der Waals surface area contributed by atoms with Gasteiger partial charge in [-0.2, -0.15) is 0 Å². The minimum Gasteiger partial charge on any atom is -0.417 e. The molecule has 0 N–H and O–H groups in total.